The van der Waals surface area contributed by atoms with Crippen LogP contribution >= 0.6 is 12.2 Å². The molecule has 1 aromatic heterocycles. The van der Waals surface area contributed by atoms with Crippen molar-refractivity contribution in [3.8, 4) is 0 Å². The molecule has 7 heteroatoms. The summed E-state index contributed by atoms with van der Waals surface area (Å²) in [6.45, 7) is 0. The van der Waals surface area contributed by atoms with Crippen molar-refractivity contribution in [2.75, 3.05) is 5.32 Å². The zero-order valence-electron chi connectivity index (χ0n) is 15.8. The molecule has 3 N–H and O–H groups in total. The predicted molar refractivity (Wildman–Crippen MR) is 113 cm³/mol. The summed E-state index contributed by atoms with van der Waals surface area (Å²) in [5.41, 5.74) is 2.86. The molecular formula is C21H25N5OS. The number of carbonyl (C=O) groups is 1. The van der Waals surface area contributed by atoms with Crippen molar-refractivity contribution in [2.45, 2.75) is 57.0 Å². The van der Waals surface area contributed by atoms with Crippen molar-refractivity contribution in [3.63, 3.8) is 0 Å². The normalized spacial score (nSPS) is 17.0. The first-order valence-corrected chi connectivity index (χ1v) is 10.4. The molecule has 2 aliphatic rings. The molecule has 0 saturated heterocycles. The number of benzene rings is 1. The molecule has 2 aliphatic carbocycles. The summed E-state index contributed by atoms with van der Waals surface area (Å²) < 4.78 is 0. The molecule has 1 aromatic carbocycles. The second kappa shape index (κ2) is 8.65. The van der Waals surface area contributed by atoms with E-state index in [9.17, 15) is 4.79 Å². The van der Waals surface area contributed by atoms with Crippen LogP contribution in [0.4, 0.5) is 5.82 Å². The molecule has 6 nitrogen and oxygen atoms in total. The number of hydrogen-bond acceptors (Lipinski definition) is 4. The topological polar surface area (TPSA) is 78.9 Å². The lowest BCUT2D eigenvalue weighted by atomic mass is 9.96. The predicted octanol–water partition coefficient (Wildman–Crippen LogP) is 2.99. The van der Waals surface area contributed by atoms with Crippen LogP contribution in [0.1, 0.15) is 53.7 Å². The van der Waals surface area contributed by atoms with E-state index >= 15 is 0 Å². The quantitative estimate of drug-likeness (QED) is 0.691. The van der Waals surface area contributed by atoms with Crippen LogP contribution in [0.5, 0.6) is 0 Å². The molecule has 146 valence electrons. The van der Waals surface area contributed by atoms with Gasteiger partial charge < -0.3 is 16.0 Å². The van der Waals surface area contributed by atoms with Crippen molar-refractivity contribution in [2.24, 2.45) is 0 Å². The molecule has 0 unspecified atom stereocenters. The van der Waals surface area contributed by atoms with Gasteiger partial charge in [-0.05, 0) is 49.0 Å². The Morgan fingerprint density at radius 3 is 2.32 bits per heavy atom. The average molecular weight is 396 g/mol. The Hall–Kier alpha value is -2.54. The minimum atomic E-state index is -0.228. The van der Waals surface area contributed by atoms with Gasteiger partial charge in [0.1, 0.15) is 0 Å². The fraction of sp³-hybridized carbons (Fsp3) is 0.429. The highest BCUT2D eigenvalue weighted by molar-refractivity contribution is 7.80. The lowest BCUT2D eigenvalue weighted by Crippen LogP contribution is -2.40. The highest BCUT2D eigenvalue weighted by Crippen LogP contribution is 2.22. The molecule has 0 atom stereocenters. The number of carbonyl (C=O) groups excluding carboxylic acids is 1. The first-order chi connectivity index (χ1) is 13.7. The van der Waals surface area contributed by atoms with Crippen LogP contribution in [-0.2, 0) is 12.8 Å². The van der Waals surface area contributed by atoms with Crippen molar-refractivity contribution < 1.29 is 4.79 Å². The van der Waals surface area contributed by atoms with Gasteiger partial charge in [0.05, 0.1) is 0 Å². The minimum Gasteiger partial charge on any atom is -0.360 e. The Kier molecular flexibility index (Phi) is 5.81. The largest absolute Gasteiger partial charge is 0.360 e. The number of nitrogens with one attached hydrogen (secondary N) is 3. The first kappa shape index (κ1) is 18.8. The molecule has 0 aliphatic heterocycles. The van der Waals surface area contributed by atoms with Gasteiger partial charge in [0.15, 0.2) is 16.6 Å². The lowest BCUT2D eigenvalue weighted by molar-refractivity contribution is 0.0934. The monoisotopic (exact) mass is 395 g/mol. The van der Waals surface area contributed by atoms with Gasteiger partial charge in [-0.15, -0.1) is 0 Å². The summed E-state index contributed by atoms with van der Waals surface area (Å²) in [5, 5.41) is 9.99. The summed E-state index contributed by atoms with van der Waals surface area (Å²) in [6, 6.07) is 8.77. The second-order valence-corrected chi connectivity index (χ2v) is 7.94. The lowest BCUT2D eigenvalue weighted by Gasteiger charge is -2.24. The third kappa shape index (κ3) is 4.47. The molecule has 1 saturated carbocycles. The van der Waals surface area contributed by atoms with Crippen molar-refractivity contribution in [3.05, 3.63) is 53.5 Å². The highest BCUT2D eigenvalue weighted by Gasteiger charge is 2.25. The van der Waals surface area contributed by atoms with Gasteiger partial charge in [-0.3, -0.25) is 4.79 Å². The van der Waals surface area contributed by atoms with E-state index in [1.54, 1.807) is 6.20 Å². The van der Waals surface area contributed by atoms with E-state index in [1.807, 2.05) is 12.1 Å². The molecule has 2 aromatic rings. The number of anilines is 1. The van der Waals surface area contributed by atoms with Crippen molar-refractivity contribution in [1.29, 1.82) is 0 Å². The first-order valence-electron chi connectivity index (χ1n) is 9.95. The van der Waals surface area contributed by atoms with E-state index in [0.717, 1.165) is 25.7 Å². The van der Waals surface area contributed by atoms with Gasteiger partial charge in [-0.25, -0.2) is 9.97 Å². The number of rotatable bonds is 4. The Morgan fingerprint density at radius 1 is 0.929 bits per heavy atom. The van der Waals surface area contributed by atoms with Gasteiger partial charge in [0.2, 0.25) is 0 Å². The fourth-order valence-corrected chi connectivity index (χ4v) is 4.35. The summed E-state index contributed by atoms with van der Waals surface area (Å²) in [5.74, 6) is 0.165. The van der Waals surface area contributed by atoms with E-state index in [0.29, 0.717) is 17.0 Å². The molecule has 1 heterocycles. The zero-order chi connectivity index (χ0) is 19.3. The Labute approximate surface area is 170 Å². The van der Waals surface area contributed by atoms with Gasteiger partial charge in [-0.2, -0.15) is 0 Å². The SMILES string of the molecule is O=C(NC1Cc2ccccc2C1)c1nccnc1NC(=S)NC1CCCCC1. The van der Waals surface area contributed by atoms with Crippen LogP contribution in [0.3, 0.4) is 0 Å². The molecule has 0 spiro atoms. The molecular weight excluding hydrogens is 370 g/mol. The zero-order valence-corrected chi connectivity index (χ0v) is 16.6. The van der Waals surface area contributed by atoms with Crippen LogP contribution in [0.2, 0.25) is 0 Å². The van der Waals surface area contributed by atoms with E-state index in [1.165, 1.54) is 36.6 Å². The fourth-order valence-electron chi connectivity index (χ4n) is 4.09. The standard InChI is InChI=1S/C21H25N5OS/c27-20(24-17-12-14-6-4-5-7-15(14)13-17)18-19(23-11-10-22-18)26-21(28)25-16-8-2-1-3-9-16/h4-7,10-11,16-17H,1-3,8-9,12-13H2,(H,24,27)(H2,23,25,26,28). The maximum Gasteiger partial charge on any atom is 0.273 e. The Balaban J connectivity index is 1.38. The van der Waals surface area contributed by atoms with Crippen LogP contribution < -0.4 is 16.0 Å². The average Bonchev–Trinajstić information content (AvgIpc) is 3.11. The maximum atomic E-state index is 12.8. The molecule has 28 heavy (non-hydrogen) atoms. The number of amides is 1. The number of hydrogen-bond donors (Lipinski definition) is 3. The van der Waals surface area contributed by atoms with E-state index in [-0.39, 0.29) is 17.6 Å². The third-order valence-electron chi connectivity index (χ3n) is 5.47. The van der Waals surface area contributed by atoms with Gasteiger partial charge >= 0.3 is 0 Å². The summed E-state index contributed by atoms with van der Waals surface area (Å²) in [7, 11) is 0. The number of fused-ring (bicyclic) bond motifs is 1. The van der Waals surface area contributed by atoms with Crippen molar-refractivity contribution >= 4 is 29.1 Å². The highest BCUT2D eigenvalue weighted by atomic mass is 32.1. The van der Waals surface area contributed by atoms with Crippen LogP contribution in [0, 0.1) is 0 Å². The van der Waals surface area contributed by atoms with Crippen LogP contribution in [0.15, 0.2) is 36.7 Å². The van der Waals surface area contributed by atoms with Crippen LogP contribution in [-0.4, -0.2) is 33.1 Å². The van der Waals surface area contributed by atoms with Crippen molar-refractivity contribution in [1.82, 2.24) is 20.6 Å². The number of aromatic nitrogens is 2. The Morgan fingerprint density at radius 2 is 1.61 bits per heavy atom. The third-order valence-corrected chi connectivity index (χ3v) is 5.69. The molecule has 1 amide bonds. The minimum absolute atomic E-state index is 0.0760. The molecule has 4 rings (SSSR count). The summed E-state index contributed by atoms with van der Waals surface area (Å²) >= 11 is 5.43. The van der Waals surface area contributed by atoms with Crippen LogP contribution in [0.25, 0.3) is 0 Å². The Bertz CT molecular complexity index is 840. The second-order valence-electron chi connectivity index (χ2n) is 7.53. The molecule has 0 bridgehead atoms. The molecule has 1 fully saturated rings. The summed E-state index contributed by atoms with van der Waals surface area (Å²) in [6.07, 6.45) is 10.8. The van der Waals surface area contributed by atoms with Gasteiger partial charge in [0, 0.05) is 24.5 Å². The van der Waals surface area contributed by atoms with E-state index < -0.39 is 0 Å². The van der Waals surface area contributed by atoms with E-state index in [2.05, 4.69) is 38.1 Å². The van der Waals surface area contributed by atoms with Gasteiger partial charge in [0.25, 0.3) is 5.91 Å². The summed E-state index contributed by atoms with van der Waals surface area (Å²) in [4.78, 5) is 21.4. The maximum absolute atomic E-state index is 12.8. The molecule has 0 radical (unpaired) electrons. The van der Waals surface area contributed by atoms with E-state index in [4.69, 9.17) is 12.2 Å². The smallest absolute Gasteiger partial charge is 0.273 e. The van der Waals surface area contributed by atoms with Gasteiger partial charge in [-0.1, -0.05) is 43.5 Å². The number of nitrogens with zero attached hydrogens (tertiary/aromatic N) is 2. The number of thiocarbonyl (C=S) groups is 1.